The lowest BCUT2D eigenvalue weighted by molar-refractivity contribution is -0.137. The number of hydrogen-bond acceptors (Lipinski definition) is 5. The fourth-order valence-corrected chi connectivity index (χ4v) is 4.12. The number of aromatic hydroxyl groups is 2. The summed E-state index contributed by atoms with van der Waals surface area (Å²) in [5.74, 6) is -0.594. The molecule has 9 heteroatoms. The van der Waals surface area contributed by atoms with Gasteiger partial charge < -0.3 is 15.1 Å². The molecule has 1 amide bonds. The number of benzene rings is 3. The highest BCUT2D eigenvalue weighted by atomic mass is 19.4. The lowest BCUT2D eigenvalue weighted by Gasteiger charge is -2.29. The Balaban J connectivity index is 1.54. The molecule has 0 saturated carbocycles. The number of alkyl halides is 3. The molecule has 0 atom stereocenters. The molecule has 5 rings (SSSR count). The first kappa shape index (κ1) is 21.7. The molecule has 1 aliphatic heterocycles. The molecule has 0 fully saturated rings. The van der Waals surface area contributed by atoms with Gasteiger partial charge >= 0.3 is 6.18 Å². The van der Waals surface area contributed by atoms with Gasteiger partial charge in [-0.25, -0.2) is 9.97 Å². The number of hydrogen-bond donors (Lipinski definition) is 2. The zero-order valence-corrected chi connectivity index (χ0v) is 17.7. The number of phenols is 2. The summed E-state index contributed by atoms with van der Waals surface area (Å²) < 4.78 is 38.8. The first-order chi connectivity index (χ1) is 16.2. The normalized spacial score (nSPS) is 13.7. The van der Waals surface area contributed by atoms with Crippen molar-refractivity contribution in [1.29, 1.82) is 0 Å². The van der Waals surface area contributed by atoms with E-state index in [-0.39, 0.29) is 35.5 Å². The maximum Gasteiger partial charge on any atom is 0.416 e. The minimum atomic E-state index is -4.46. The first-order valence-corrected chi connectivity index (χ1v) is 10.5. The van der Waals surface area contributed by atoms with E-state index in [9.17, 15) is 28.2 Å². The summed E-state index contributed by atoms with van der Waals surface area (Å²) in [5, 5.41) is 20.4. The van der Waals surface area contributed by atoms with Crippen molar-refractivity contribution in [3.8, 4) is 22.9 Å². The van der Waals surface area contributed by atoms with Gasteiger partial charge in [-0.05, 0) is 36.2 Å². The number of aromatic nitrogens is 2. The van der Waals surface area contributed by atoms with Gasteiger partial charge in [0.25, 0.3) is 5.91 Å². The summed E-state index contributed by atoms with van der Waals surface area (Å²) in [6.45, 7) is 0.521. The number of para-hydroxylation sites is 1. The van der Waals surface area contributed by atoms with E-state index >= 15 is 0 Å². The Hall–Kier alpha value is -4.14. The van der Waals surface area contributed by atoms with E-state index in [0.717, 1.165) is 17.7 Å². The third-order valence-corrected chi connectivity index (χ3v) is 5.91. The number of amides is 1. The number of carbonyl (C=O) groups is 1. The molecule has 34 heavy (non-hydrogen) atoms. The molecule has 0 spiro atoms. The van der Waals surface area contributed by atoms with Crippen LogP contribution in [0.3, 0.4) is 0 Å². The van der Waals surface area contributed by atoms with Crippen LogP contribution in [0.15, 0.2) is 60.7 Å². The number of rotatable bonds is 2. The van der Waals surface area contributed by atoms with E-state index in [2.05, 4.69) is 9.97 Å². The quantitative estimate of drug-likeness (QED) is 0.410. The van der Waals surface area contributed by atoms with Gasteiger partial charge in [0.15, 0.2) is 17.3 Å². The zero-order valence-electron chi connectivity index (χ0n) is 17.7. The Morgan fingerprint density at radius 1 is 0.941 bits per heavy atom. The molecule has 0 saturated heterocycles. The van der Waals surface area contributed by atoms with Gasteiger partial charge in [-0.15, -0.1) is 0 Å². The fourth-order valence-electron chi connectivity index (χ4n) is 4.12. The van der Waals surface area contributed by atoms with Gasteiger partial charge in [0.1, 0.15) is 5.69 Å². The van der Waals surface area contributed by atoms with E-state index < -0.39 is 11.7 Å². The van der Waals surface area contributed by atoms with Crippen LogP contribution in [-0.2, 0) is 19.1 Å². The second kappa shape index (κ2) is 8.02. The van der Waals surface area contributed by atoms with Crippen molar-refractivity contribution < 1.29 is 28.2 Å². The number of carbonyl (C=O) groups excluding carboxylic acids is 1. The second-order valence-corrected chi connectivity index (χ2v) is 8.04. The molecule has 172 valence electrons. The van der Waals surface area contributed by atoms with Gasteiger partial charge in [-0.2, -0.15) is 13.2 Å². The number of halogens is 3. The lowest BCUT2D eigenvalue weighted by Crippen LogP contribution is -2.36. The number of fused-ring (bicyclic) bond motifs is 2. The van der Waals surface area contributed by atoms with Crippen molar-refractivity contribution in [1.82, 2.24) is 14.9 Å². The third-order valence-electron chi connectivity index (χ3n) is 5.91. The van der Waals surface area contributed by atoms with E-state index in [4.69, 9.17) is 0 Å². The summed E-state index contributed by atoms with van der Waals surface area (Å²) in [4.78, 5) is 24.0. The third kappa shape index (κ3) is 3.79. The monoisotopic (exact) mass is 465 g/mol. The van der Waals surface area contributed by atoms with Gasteiger partial charge in [0.05, 0.1) is 11.1 Å². The minimum absolute atomic E-state index is 0.145. The molecule has 1 aliphatic rings. The van der Waals surface area contributed by atoms with Crippen molar-refractivity contribution in [2.24, 2.45) is 0 Å². The van der Waals surface area contributed by atoms with Crippen molar-refractivity contribution in [2.45, 2.75) is 19.1 Å². The van der Waals surface area contributed by atoms with Gasteiger partial charge in [0.2, 0.25) is 0 Å². The summed E-state index contributed by atoms with van der Waals surface area (Å²) in [6.07, 6.45) is -4.10. The molecule has 2 heterocycles. The molecule has 2 N–H and O–H groups in total. The molecule has 0 bridgehead atoms. The van der Waals surface area contributed by atoms with Crippen LogP contribution in [0.5, 0.6) is 11.5 Å². The average molecular weight is 465 g/mol. The van der Waals surface area contributed by atoms with Crippen LogP contribution in [-0.4, -0.2) is 37.5 Å². The summed E-state index contributed by atoms with van der Waals surface area (Å²) in [6, 6.07) is 14.5. The van der Waals surface area contributed by atoms with E-state index in [0.29, 0.717) is 35.0 Å². The number of nitrogens with zero attached hydrogens (tertiary/aromatic N) is 3. The predicted molar refractivity (Wildman–Crippen MR) is 118 cm³/mol. The van der Waals surface area contributed by atoms with E-state index in [1.165, 1.54) is 18.2 Å². The van der Waals surface area contributed by atoms with Crippen LogP contribution in [0.1, 0.15) is 27.2 Å². The maximum absolute atomic E-state index is 13.5. The SMILES string of the molecule is O=C(c1nc(-c2ccc(C(F)(F)F)cc2)nc2ccccc12)N1CCc2c(ccc(O)c2O)C1. The van der Waals surface area contributed by atoms with Crippen molar-refractivity contribution >= 4 is 16.8 Å². The van der Waals surface area contributed by atoms with Crippen LogP contribution in [0.2, 0.25) is 0 Å². The molecule has 3 aromatic carbocycles. The minimum Gasteiger partial charge on any atom is -0.504 e. The molecule has 0 unspecified atom stereocenters. The highest BCUT2D eigenvalue weighted by Gasteiger charge is 2.30. The molecule has 0 radical (unpaired) electrons. The summed E-state index contributed by atoms with van der Waals surface area (Å²) in [5.41, 5.74) is 1.53. The van der Waals surface area contributed by atoms with Crippen LogP contribution >= 0.6 is 0 Å². The smallest absolute Gasteiger partial charge is 0.416 e. The average Bonchev–Trinajstić information content (AvgIpc) is 2.84. The first-order valence-electron chi connectivity index (χ1n) is 10.5. The summed E-state index contributed by atoms with van der Waals surface area (Å²) in [7, 11) is 0. The Labute approximate surface area is 191 Å². The van der Waals surface area contributed by atoms with Crippen LogP contribution in [0.25, 0.3) is 22.3 Å². The van der Waals surface area contributed by atoms with Crippen LogP contribution < -0.4 is 0 Å². The van der Waals surface area contributed by atoms with E-state index in [1.807, 2.05) is 0 Å². The lowest BCUT2D eigenvalue weighted by atomic mass is 9.97. The Morgan fingerprint density at radius 3 is 2.41 bits per heavy atom. The predicted octanol–water partition coefficient (Wildman–Crippen LogP) is 4.93. The topological polar surface area (TPSA) is 86.6 Å². The molecule has 6 nitrogen and oxygen atoms in total. The highest BCUT2D eigenvalue weighted by molar-refractivity contribution is 6.05. The highest BCUT2D eigenvalue weighted by Crippen LogP contribution is 2.35. The van der Waals surface area contributed by atoms with Gasteiger partial charge in [-0.1, -0.05) is 36.4 Å². The molecular formula is C25H18F3N3O3. The van der Waals surface area contributed by atoms with Crippen LogP contribution in [0, 0.1) is 0 Å². The standard InChI is InChI=1S/C25H18F3N3O3/c26-25(27,28)16-8-5-14(6-9-16)23-29-19-4-2-1-3-18(19)21(30-23)24(34)31-12-11-17-15(13-31)7-10-20(32)22(17)33/h1-10,32-33H,11-13H2. The second-order valence-electron chi connectivity index (χ2n) is 8.04. The Bertz CT molecular complexity index is 1420. The van der Waals surface area contributed by atoms with Crippen molar-refractivity contribution in [2.75, 3.05) is 6.54 Å². The fraction of sp³-hybridized carbons (Fsp3) is 0.160. The Morgan fingerprint density at radius 2 is 1.68 bits per heavy atom. The van der Waals surface area contributed by atoms with Gasteiger partial charge in [0, 0.05) is 29.6 Å². The largest absolute Gasteiger partial charge is 0.504 e. The molecule has 4 aromatic rings. The molecule has 0 aliphatic carbocycles. The maximum atomic E-state index is 13.5. The van der Waals surface area contributed by atoms with E-state index in [1.54, 1.807) is 35.2 Å². The zero-order chi connectivity index (χ0) is 24.0. The van der Waals surface area contributed by atoms with Crippen LogP contribution in [0.4, 0.5) is 13.2 Å². The van der Waals surface area contributed by atoms with Crippen molar-refractivity contribution in [3.63, 3.8) is 0 Å². The van der Waals surface area contributed by atoms with Gasteiger partial charge in [-0.3, -0.25) is 4.79 Å². The molecule has 1 aromatic heterocycles. The number of phenolic OH excluding ortho intramolecular Hbond substituents is 2. The van der Waals surface area contributed by atoms with Crippen molar-refractivity contribution in [3.05, 3.63) is 83.0 Å². The molecular weight excluding hydrogens is 447 g/mol. The Kier molecular flexibility index (Phi) is 5.11. The summed E-state index contributed by atoms with van der Waals surface area (Å²) >= 11 is 0.